The quantitative estimate of drug-likeness (QED) is 0.559. The van der Waals surface area contributed by atoms with Crippen LogP contribution in [0.1, 0.15) is 60.8 Å². The van der Waals surface area contributed by atoms with Crippen LogP contribution >= 0.6 is 0 Å². The van der Waals surface area contributed by atoms with Gasteiger partial charge in [-0.25, -0.2) is 0 Å². The van der Waals surface area contributed by atoms with Crippen LogP contribution < -0.4 is 0 Å². The van der Waals surface area contributed by atoms with Gasteiger partial charge in [-0.2, -0.15) is 0 Å². The molecule has 0 saturated carbocycles. The Morgan fingerprint density at radius 1 is 0.692 bits per heavy atom. The van der Waals surface area contributed by atoms with E-state index < -0.39 is 0 Å². The Balaban J connectivity index is 3.81. The molecule has 1 unspecified atom stereocenters. The minimum atomic E-state index is 0.861. The second kappa shape index (κ2) is 6.45. The third-order valence-electron chi connectivity index (χ3n) is 2.83. The van der Waals surface area contributed by atoms with E-state index in [4.69, 9.17) is 0 Å². The second-order valence-corrected chi connectivity index (χ2v) is 5.60. The van der Waals surface area contributed by atoms with Crippen LogP contribution in [0.25, 0.3) is 0 Å². The fourth-order valence-electron chi connectivity index (χ4n) is 1.88. The zero-order chi connectivity index (χ0) is 10.4. The molecule has 0 bridgehead atoms. The highest BCUT2D eigenvalue weighted by Gasteiger charge is 2.14. The molecular formula is C13H28. The number of hydrogen-bond donors (Lipinski definition) is 0. The molecule has 0 rings (SSSR count). The topological polar surface area (TPSA) is 0 Å². The van der Waals surface area contributed by atoms with Gasteiger partial charge in [0, 0.05) is 0 Å². The van der Waals surface area contributed by atoms with Crippen molar-refractivity contribution in [3.63, 3.8) is 0 Å². The van der Waals surface area contributed by atoms with Gasteiger partial charge in [0.05, 0.1) is 0 Å². The molecule has 0 aromatic carbocycles. The summed E-state index contributed by atoms with van der Waals surface area (Å²) in [7, 11) is 0. The summed E-state index contributed by atoms with van der Waals surface area (Å²) >= 11 is 0. The molecule has 80 valence electrons. The Bertz CT molecular complexity index is 111. The molecule has 0 aliphatic rings. The van der Waals surface area contributed by atoms with E-state index in [1.54, 1.807) is 0 Å². The van der Waals surface area contributed by atoms with Gasteiger partial charge in [-0.15, -0.1) is 0 Å². The molecule has 0 aliphatic carbocycles. The van der Waals surface area contributed by atoms with E-state index in [9.17, 15) is 0 Å². The maximum atomic E-state index is 2.37. The van der Waals surface area contributed by atoms with Crippen LogP contribution in [-0.2, 0) is 0 Å². The first-order valence-corrected chi connectivity index (χ1v) is 5.93. The molecule has 1 atom stereocenters. The molecule has 0 aromatic heterocycles. The average Bonchev–Trinajstić information content (AvgIpc) is 1.96. The van der Waals surface area contributed by atoms with Crippen molar-refractivity contribution in [1.29, 1.82) is 0 Å². The van der Waals surface area contributed by atoms with Crippen molar-refractivity contribution in [2.24, 2.45) is 23.7 Å². The third-order valence-corrected chi connectivity index (χ3v) is 2.83. The zero-order valence-electron chi connectivity index (χ0n) is 10.4. The Morgan fingerprint density at radius 2 is 1.23 bits per heavy atom. The second-order valence-electron chi connectivity index (χ2n) is 5.60. The number of rotatable bonds is 6. The summed E-state index contributed by atoms with van der Waals surface area (Å²) in [5, 5.41) is 0. The predicted molar refractivity (Wildman–Crippen MR) is 61.9 cm³/mol. The molecule has 0 saturated heterocycles. The Hall–Kier alpha value is 0. The first kappa shape index (κ1) is 13.0. The summed E-state index contributed by atoms with van der Waals surface area (Å²) < 4.78 is 0. The minimum Gasteiger partial charge on any atom is -0.0628 e. The van der Waals surface area contributed by atoms with Crippen LogP contribution in [0.3, 0.4) is 0 Å². The summed E-state index contributed by atoms with van der Waals surface area (Å²) in [4.78, 5) is 0. The van der Waals surface area contributed by atoms with Crippen LogP contribution in [0.15, 0.2) is 0 Å². The fourth-order valence-corrected chi connectivity index (χ4v) is 1.88. The summed E-state index contributed by atoms with van der Waals surface area (Å²) in [6.45, 7) is 14.1. The van der Waals surface area contributed by atoms with Crippen LogP contribution in [-0.4, -0.2) is 0 Å². The van der Waals surface area contributed by atoms with Gasteiger partial charge < -0.3 is 0 Å². The lowest BCUT2D eigenvalue weighted by Crippen LogP contribution is -2.12. The normalized spacial score (nSPS) is 14.5. The molecule has 0 aromatic rings. The maximum Gasteiger partial charge on any atom is -0.0389 e. The Kier molecular flexibility index (Phi) is 6.45. The van der Waals surface area contributed by atoms with Crippen molar-refractivity contribution in [3.05, 3.63) is 0 Å². The van der Waals surface area contributed by atoms with Gasteiger partial charge in [0.1, 0.15) is 0 Å². The van der Waals surface area contributed by atoms with Crippen LogP contribution in [0.2, 0.25) is 0 Å². The van der Waals surface area contributed by atoms with E-state index in [0.717, 1.165) is 23.7 Å². The standard InChI is InChI=1S/C13H28/c1-10(2)7-8-13(12(5)6)9-11(3)4/h10-13H,7-9H2,1-6H3. The van der Waals surface area contributed by atoms with Crippen molar-refractivity contribution in [2.75, 3.05) is 0 Å². The highest BCUT2D eigenvalue weighted by molar-refractivity contribution is 4.66. The van der Waals surface area contributed by atoms with E-state index in [-0.39, 0.29) is 0 Å². The van der Waals surface area contributed by atoms with Gasteiger partial charge in [-0.05, 0) is 36.5 Å². The summed E-state index contributed by atoms with van der Waals surface area (Å²) in [6, 6.07) is 0. The van der Waals surface area contributed by atoms with E-state index in [2.05, 4.69) is 41.5 Å². The lowest BCUT2D eigenvalue weighted by molar-refractivity contribution is 0.280. The SMILES string of the molecule is CC(C)CCC(CC(C)C)C(C)C. The van der Waals surface area contributed by atoms with Crippen molar-refractivity contribution in [1.82, 2.24) is 0 Å². The van der Waals surface area contributed by atoms with E-state index in [1.807, 2.05) is 0 Å². The number of hydrogen-bond acceptors (Lipinski definition) is 0. The molecular weight excluding hydrogens is 156 g/mol. The van der Waals surface area contributed by atoms with Gasteiger partial charge in [-0.1, -0.05) is 48.0 Å². The fraction of sp³-hybridized carbons (Fsp3) is 1.00. The molecule has 0 nitrogen and oxygen atoms in total. The van der Waals surface area contributed by atoms with Gasteiger partial charge >= 0.3 is 0 Å². The molecule has 0 radical (unpaired) electrons. The Labute approximate surface area is 85.1 Å². The monoisotopic (exact) mass is 184 g/mol. The van der Waals surface area contributed by atoms with Crippen LogP contribution in [0.5, 0.6) is 0 Å². The zero-order valence-corrected chi connectivity index (χ0v) is 10.4. The largest absolute Gasteiger partial charge is 0.0628 e. The Morgan fingerprint density at radius 3 is 1.54 bits per heavy atom. The van der Waals surface area contributed by atoms with Gasteiger partial charge in [0.15, 0.2) is 0 Å². The molecule has 0 fully saturated rings. The van der Waals surface area contributed by atoms with Gasteiger partial charge in [0.2, 0.25) is 0 Å². The van der Waals surface area contributed by atoms with Crippen molar-refractivity contribution in [2.45, 2.75) is 60.8 Å². The minimum absolute atomic E-state index is 0.861. The molecule has 0 heterocycles. The first-order valence-electron chi connectivity index (χ1n) is 5.93. The van der Waals surface area contributed by atoms with E-state index in [0.29, 0.717) is 0 Å². The van der Waals surface area contributed by atoms with E-state index >= 15 is 0 Å². The summed E-state index contributed by atoms with van der Waals surface area (Å²) in [5.41, 5.74) is 0. The highest BCUT2D eigenvalue weighted by Crippen LogP contribution is 2.26. The molecule has 13 heavy (non-hydrogen) atoms. The lowest BCUT2D eigenvalue weighted by atomic mass is 9.83. The van der Waals surface area contributed by atoms with Gasteiger partial charge in [-0.3, -0.25) is 0 Å². The molecule has 0 N–H and O–H groups in total. The summed E-state index contributed by atoms with van der Waals surface area (Å²) in [6.07, 6.45) is 4.23. The predicted octanol–water partition coefficient (Wildman–Crippen LogP) is 4.74. The van der Waals surface area contributed by atoms with Crippen molar-refractivity contribution in [3.8, 4) is 0 Å². The van der Waals surface area contributed by atoms with Crippen LogP contribution in [0, 0.1) is 23.7 Å². The van der Waals surface area contributed by atoms with Crippen molar-refractivity contribution < 1.29 is 0 Å². The first-order chi connectivity index (χ1) is 5.93. The lowest BCUT2D eigenvalue weighted by Gasteiger charge is -2.23. The molecule has 0 heteroatoms. The smallest absolute Gasteiger partial charge is 0.0389 e. The molecule has 0 aliphatic heterocycles. The summed E-state index contributed by atoms with van der Waals surface area (Å²) in [5.74, 6) is 3.54. The average molecular weight is 184 g/mol. The maximum absolute atomic E-state index is 2.37. The van der Waals surface area contributed by atoms with Crippen molar-refractivity contribution >= 4 is 0 Å². The third kappa shape index (κ3) is 7.10. The molecule has 0 spiro atoms. The van der Waals surface area contributed by atoms with Crippen LogP contribution in [0.4, 0.5) is 0 Å². The molecule has 0 amide bonds. The highest BCUT2D eigenvalue weighted by atomic mass is 14.2. The van der Waals surface area contributed by atoms with Gasteiger partial charge in [0.25, 0.3) is 0 Å². The van der Waals surface area contributed by atoms with E-state index in [1.165, 1.54) is 19.3 Å².